The molecular formula is C15H20O4. The summed E-state index contributed by atoms with van der Waals surface area (Å²) in [5.74, 6) is 6.30. The smallest absolute Gasteiger partial charge is 0.122 e. The van der Waals surface area contributed by atoms with E-state index in [1.54, 1.807) is 7.11 Å². The molecule has 0 aromatic heterocycles. The highest BCUT2D eigenvalue weighted by molar-refractivity contribution is 5.43. The average molecular weight is 264 g/mol. The SMILES string of the molecule is COCCOCCOc1ccc(C#CCO)cc1C. The van der Waals surface area contributed by atoms with Gasteiger partial charge in [0, 0.05) is 12.7 Å². The molecule has 19 heavy (non-hydrogen) atoms. The number of aliphatic hydroxyl groups excluding tert-OH is 1. The maximum atomic E-state index is 8.64. The van der Waals surface area contributed by atoms with Crippen LogP contribution in [0.25, 0.3) is 0 Å². The molecule has 0 saturated heterocycles. The molecule has 0 bridgehead atoms. The Kier molecular flexibility index (Phi) is 7.68. The van der Waals surface area contributed by atoms with Crippen LogP contribution >= 0.6 is 0 Å². The molecule has 0 spiro atoms. The summed E-state index contributed by atoms with van der Waals surface area (Å²) < 4.78 is 15.8. The molecule has 1 aromatic carbocycles. The summed E-state index contributed by atoms with van der Waals surface area (Å²) in [5, 5.41) is 8.64. The van der Waals surface area contributed by atoms with Crippen molar-refractivity contribution in [2.45, 2.75) is 6.92 Å². The topological polar surface area (TPSA) is 47.9 Å². The van der Waals surface area contributed by atoms with Gasteiger partial charge in [-0.2, -0.15) is 0 Å². The summed E-state index contributed by atoms with van der Waals surface area (Å²) in [7, 11) is 1.64. The third-order valence-electron chi connectivity index (χ3n) is 2.40. The van der Waals surface area contributed by atoms with Gasteiger partial charge in [-0.3, -0.25) is 0 Å². The number of aryl methyl sites for hydroxylation is 1. The van der Waals surface area contributed by atoms with Gasteiger partial charge < -0.3 is 19.3 Å². The van der Waals surface area contributed by atoms with Gasteiger partial charge in [-0.15, -0.1) is 0 Å². The lowest BCUT2D eigenvalue weighted by Gasteiger charge is -2.09. The van der Waals surface area contributed by atoms with Crippen molar-refractivity contribution < 1.29 is 19.3 Å². The largest absolute Gasteiger partial charge is 0.491 e. The molecule has 0 aliphatic rings. The number of hydrogen-bond donors (Lipinski definition) is 1. The molecule has 0 aliphatic heterocycles. The fourth-order valence-corrected chi connectivity index (χ4v) is 1.49. The second kappa shape index (κ2) is 9.40. The predicted molar refractivity (Wildman–Crippen MR) is 73.3 cm³/mol. The minimum absolute atomic E-state index is 0.129. The van der Waals surface area contributed by atoms with Gasteiger partial charge in [-0.1, -0.05) is 11.8 Å². The van der Waals surface area contributed by atoms with E-state index in [0.29, 0.717) is 26.4 Å². The molecule has 1 N–H and O–H groups in total. The average Bonchev–Trinajstić information content (AvgIpc) is 2.42. The summed E-state index contributed by atoms with van der Waals surface area (Å²) in [4.78, 5) is 0. The van der Waals surface area contributed by atoms with Gasteiger partial charge in [0.15, 0.2) is 0 Å². The van der Waals surface area contributed by atoms with E-state index in [2.05, 4.69) is 11.8 Å². The standard InChI is InChI=1S/C15H20O4/c1-13-12-14(4-3-7-16)5-6-15(13)19-11-10-18-9-8-17-2/h5-6,12,16H,7-11H2,1-2H3. The Balaban J connectivity index is 2.38. The molecule has 1 rings (SSSR count). The zero-order valence-corrected chi connectivity index (χ0v) is 11.4. The van der Waals surface area contributed by atoms with Gasteiger partial charge in [0.2, 0.25) is 0 Å². The van der Waals surface area contributed by atoms with Crippen molar-refractivity contribution in [3.63, 3.8) is 0 Å². The first-order valence-electron chi connectivity index (χ1n) is 6.17. The van der Waals surface area contributed by atoms with E-state index >= 15 is 0 Å². The Morgan fingerprint density at radius 3 is 2.63 bits per heavy atom. The first-order chi connectivity index (χ1) is 9.27. The van der Waals surface area contributed by atoms with E-state index in [4.69, 9.17) is 19.3 Å². The number of hydrogen-bond acceptors (Lipinski definition) is 4. The summed E-state index contributed by atoms with van der Waals surface area (Å²) in [6.45, 7) is 4.05. The minimum atomic E-state index is -0.129. The highest BCUT2D eigenvalue weighted by Crippen LogP contribution is 2.18. The minimum Gasteiger partial charge on any atom is -0.491 e. The molecule has 0 aliphatic carbocycles. The van der Waals surface area contributed by atoms with Gasteiger partial charge in [-0.25, -0.2) is 0 Å². The van der Waals surface area contributed by atoms with Crippen molar-refractivity contribution in [1.82, 2.24) is 0 Å². The van der Waals surface area contributed by atoms with Crippen LogP contribution in [0.1, 0.15) is 11.1 Å². The van der Waals surface area contributed by atoms with E-state index in [1.165, 1.54) is 0 Å². The lowest BCUT2D eigenvalue weighted by Crippen LogP contribution is -2.10. The van der Waals surface area contributed by atoms with Crippen LogP contribution in [0.5, 0.6) is 5.75 Å². The third kappa shape index (κ3) is 6.25. The van der Waals surface area contributed by atoms with E-state index < -0.39 is 0 Å². The van der Waals surface area contributed by atoms with Crippen molar-refractivity contribution in [2.75, 3.05) is 40.1 Å². The van der Waals surface area contributed by atoms with Crippen molar-refractivity contribution in [2.24, 2.45) is 0 Å². The predicted octanol–water partition coefficient (Wildman–Crippen LogP) is 1.38. The maximum absolute atomic E-state index is 8.64. The maximum Gasteiger partial charge on any atom is 0.122 e. The molecule has 4 heteroatoms. The molecule has 104 valence electrons. The zero-order valence-electron chi connectivity index (χ0n) is 11.4. The number of methoxy groups -OCH3 is 1. The Morgan fingerprint density at radius 1 is 1.16 bits per heavy atom. The number of benzene rings is 1. The van der Waals surface area contributed by atoms with Crippen molar-refractivity contribution >= 4 is 0 Å². The monoisotopic (exact) mass is 264 g/mol. The first kappa shape index (κ1) is 15.5. The van der Waals surface area contributed by atoms with E-state index in [-0.39, 0.29) is 6.61 Å². The highest BCUT2D eigenvalue weighted by atomic mass is 16.5. The third-order valence-corrected chi connectivity index (χ3v) is 2.40. The Bertz CT molecular complexity index is 432. The molecule has 0 saturated carbocycles. The molecule has 0 amide bonds. The molecule has 0 fully saturated rings. The fourth-order valence-electron chi connectivity index (χ4n) is 1.49. The zero-order chi connectivity index (χ0) is 13.9. The summed E-state index contributed by atoms with van der Waals surface area (Å²) in [6.07, 6.45) is 0. The van der Waals surface area contributed by atoms with Gasteiger partial charge in [0.05, 0.1) is 19.8 Å². The van der Waals surface area contributed by atoms with Crippen LogP contribution < -0.4 is 4.74 Å². The van der Waals surface area contributed by atoms with Crippen LogP contribution in [0.2, 0.25) is 0 Å². The Morgan fingerprint density at radius 2 is 1.95 bits per heavy atom. The summed E-state index contributed by atoms with van der Waals surface area (Å²) in [5.41, 5.74) is 1.89. The van der Waals surface area contributed by atoms with Gasteiger partial charge in [0.1, 0.15) is 19.0 Å². The van der Waals surface area contributed by atoms with Crippen LogP contribution in [0.4, 0.5) is 0 Å². The Labute approximate surface area is 114 Å². The molecule has 0 heterocycles. The van der Waals surface area contributed by atoms with Crippen LogP contribution in [-0.2, 0) is 9.47 Å². The first-order valence-corrected chi connectivity index (χ1v) is 6.17. The van der Waals surface area contributed by atoms with E-state index in [0.717, 1.165) is 16.9 Å². The molecular weight excluding hydrogens is 244 g/mol. The number of aliphatic hydroxyl groups is 1. The van der Waals surface area contributed by atoms with Crippen LogP contribution in [0.15, 0.2) is 18.2 Å². The second-order valence-electron chi connectivity index (χ2n) is 3.89. The lowest BCUT2D eigenvalue weighted by atomic mass is 10.1. The highest BCUT2D eigenvalue weighted by Gasteiger charge is 2.00. The van der Waals surface area contributed by atoms with E-state index in [1.807, 2.05) is 25.1 Å². The van der Waals surface area contributed by atoms with E-state index in [9.17, 15) is 0 Å². The van der Waals surface area contributed by atoms with Gasteiger partial charge in [-0.05, 0) is 30.7 Å². The second-order valence-corrected chi connectivity index (χ2v) is 3.89. The number of rotatable bonds is 7. The molecule has 4 nitrogen and oxygen atoms in total. The normalized spacial score (nSPS) is 9.84. The summed E-state index contributed by atoms with van der Waals surface area (Å²) >= 11 is 0. The lowest BCUT2D eigenvalue weighted by molar-refractivity contribution is 0.0543. The van der Waals surface area contributed by atoms with Gasteiger partial charge in [0.25, 0.3) is 0 Å². The van der Waals surface area contributed by atoms with Crippen LogP contribution in [0, 0.1) is 18.8 Å². The van der Waals surface area contributed by atoms with Crippen LogP contribution in [-0.4, -0.2) is 45.3 Å². The van der Waals surface area contributed by atoms with Crippen LogP contribution in [0.3, 0.4) is 0 Å². The number of ether oxygens (including phenoxy) is 3. The molecule has 1 aromatic rings. The Hall–Kier alpha value is -1.54. The van der Waals surface area contributed by atoms with Gasteiger partial charge >= 0.3 is 0 Å². The fraction of sp³-hybridized carbons (Fsp3) is 0.467. The molecule has 0 atom stereocenters. The molecule has 0 radical (unpaired) electrons. The molecule has 0 unspecified atom stereocenters. The van der Waals surface area contributed by atoms with Crippen molar-refractivity contribution in [3.8, 4) is 17.6 Å². The quantitative estimate of drug-likeness (QED) is 0.597. The van der Waals surface area contributed by atoms with Crippen molar-refractivity contribution in [1.29, 1.82) is 0 Å². The van der Waals surface area contributed by atoms with Crippen molar-refractivity contribution in [3.05, 3.63) is 29.3 Å². The summed E-state index contributed by atoms with van der Waals surface area (Å²) in [6, 6.07) is 5.69.